The molecule has 2 heterocycles. The number of nitrogens with zero attached hydrogens (tertiary/aromatic N) is 2. The van der Waals surface area contributed by atoms with Crippen molar-refractivity contribution in [2.45, 2.75) is 46.0 Å². The summed E-state index contributed by atoms with van der Waals surface area (Å²) in [6, 6.07) is 0. The molecule has 0 radical (unpaired) electrons. The quantitative estimate of drug-likeness (QED) is 0.612. The predicted molar refractivity (Wildman–Crippen MR) is 69.4 cm³/mol. The monoisotopic (exact) mass is 214 g/mol. The molecule has 2 aliphatic heterocycles. The molecule has 2 saturated heterocycles. The van der Waals surface area contributed by atoms with Crippen molar-refractivity contribution in [3.8, 4) is 0 Å². The highest BCUT2D eigenvalue weighted by atomic mass is 15.1. The largest absolute Gasteiger partial charge is 0.306 e. The highest BCUT2D eigenvalue weighted by molar-refractivity contribution is 4.59. The van der Waals surface area contributed by atoms with Gasteiger partial charge in [-0.2, -0.15) is 0 Å². The normalized spacial score (nSPS) is 22.4. The second-order valence-corrected chi connectivity index (χ2v) is 4.37. The lowest BCUT2D eigenvalue weighted by atomic mass is 10.1. The van der Waals surface area contributed by atoms with Crippen molar-refractivity contribution in [3.05, 3.63) is 0 Å². The molecule has 2 aliphatic rings. The fourth-order valence-electron chi connectivity index (χ4n) is 1.93. The van der Waals surface area contributed by atoms with Crippen LogP contribution in [0.2, 0.25) is 0 Å². The molecular formula is C13H30N2. The Morgan fingerprint density at radius 2 is 0.800 bits per heavy atom. The molecule has 92 valence electrons. The third kappa shape index (κ3) is 8.88. The van der Waals surface area contributed by atoms with Crippen LogP contribution < -0.4 is 0 Å². The van der Waals surface area contributed by atoms with Gasteiger partial charge in [0, 0.05) is 0 Å². The Hall–Kier alpha value is -0.0800. The molecule has 0 aromatic heterocycles. The van der Waals surface area contributed by atoms with Crippen molar-refractivity contribution in [1.29, 1.82) is 0 Å². The number of likely N-dealkylation sites (tertiary alicyclic amines) is 2. The second-order valence-electron chi connectivity index (χ2n) is 4.37. The van der Waals surface area contributed by atoms with Gasteiger partial charge in [-0.05, 0) is 66.0 Å². The number of hydrogen-bond acceptors (Lipinski definition) is 2. The molecule has 0 atom stereocenters. The molecule has 2 fully saturated rings. The Bertz CT molecular complexity index is 114. The molecule has 0 bridgehead atoms. The molecule has 0 spiro atoms. The Morgan fingerprint density at radius 3 is 0.933 bits per heavy atom. The first-order valence-electron chi connectivity index (χ1n) is 6.66. The van der Waals surface area contributed by atoms with E-state index < -0.39 is 0 Å². The van der Waals surface area contributed by atoms with Crippen LogP contribution in [0.1, 0.15) is 46.0 Å². The van der Waals surface area contributed by atoms with Crippen LogP contribution >= 0.6 is 0 Å². The van der Waals surface area contributed by atoms with Crippen LogP contribution in [0.4, 0.5) is 0 Å². The van der Waals surface area contributed by atoms with E-state index in [2.05, 4.69) is 23.9 Å². The third-order valence-corrected chi connectivity index (χ3v) is 2.91. The van der Waals surface area contributed by atoms with Crippen LogP contribution in [-0.2, 0) is 0 Å². The standard InChI is InChI=1S/C6H13N.C5H11N.C2H6/c1-7-5-3-2-4-6-7;1-6-4-2-3-5-6;1-2/h2-6H2,1H3;2-5H2,1H3;1-2H3. The zero-order chi connectivity index (χ0) is 11.5. The maximum absolute atomic E-state index is 2.39. The van der Waals surface area contributed by atoms with Gasteiger partial charge in [-0.1, -0.05) is 20.3 Å². The Balaban J connectivity index is 0.000000227. The van der Waals surface area contributed by atoms with E-state index in [1.807, 2.05) is 13.8 Å². The van der Waals surface area contributed by atoms with Gasteiger partial charge in [0.2, 0.25) is 0 Å². The average Bonchev–Trinajstić information content (AvgIpc) is 2.74. The van der Waals surface area contributed by atoms with Gasteiger partial charge in [0.15, 0.2) is 0 Å². The maximum atomic E-state index is 2.39. The van der Waals surface area contributed by atoms with E-state index in [0.29, 0.717) is 0 Å². The van der Waals surface area contributed by atoms with E-state index in [1.54, 1.807) is 0 Å². The maximum Gasteiger partial charge on any atom is -0.00213 e. The predicted octanol–water partition coefficient (Wildman–Crippen LogP) is 2.84. The number of rotatable bonds is 0. The van der Waals surface area contributed by atoms with E-state index in [4.69, 9.17) is 0 Å². The van der Waals surface area contributed by atoms with Crippen molar-refractivity contribution in [2.75, 3.05) is 40.3 Å². The summed E-state index contributed by atoms with van der Waals surface area (Å²) >= 11 is 0. The molecule has 2 heteroatoms. The zero-order valence-electron chi connectivity index (χ0n) is 11.3. The molecule has 0 aromatic carbocycles. The minimum Gasteiger partial charge on any atom is -0.306 e. The van der Waals surface area contributed by atoms with Crippen LogP contribution in [0.3, 0.4) is 0 Å². The van der Waals surface area contributed by atoms with Crippen molar-refractivity contribution in [3.63, 3.8) is 0 Å². The lowest BCUT2D eigenvalue weighted by Crippen LogP contribution is -2.24. The van der Waals surface area contributed by atoms with E-state index >= 15 is 0 Å². The van der Waals surface area contributed by atoms with Gasteiger partial charge in [-0.15, -0.1) is 0 Å². The summed E-state index contributed by atoms with van der Waals surface area (Å²) in [4.78, 5) is 4.75. The number of hydrogen-bond donors (Lipinski definition) is 0. The Kier molecular flexibility index (Phi) is 10.4. The van der Waals surface area contributed by atoms with Gasteiger partial charge in [0.1, 0.15) is 0 Å². The van der Waals surface area contributed by atoms with Gasteiger partial charge < -0.3 is 9.80 Å². The number of piperidine rings is 1. The minimum atomic E-state index is 1.32. The van der Waals surface area contributed by atoms with Gasteiger partial charge in [-0.3, -0.25) is 0 Å². The lowest BCUT2D eigenvalue weighted by molar-refractivity contribution is 0.277. The first kappa shape index (κ1) is 14.9. The van der Waals surface area contributed by atoms with Gasteiger partial charge in [0.25, 0.3) is 0 Å². The molecule has 0 aliphatic carbocycles. The average molecular weight is 214 g/mol. The zero-order valence-corrected chi connectivity index (χ0v) is 11.3. The first-order valence-corrected chi connectivity index (χ1v) is 6.66. The molecule has 0 N–H and O–H groups in total. The van der Waals surface area contributed by atoms with Gasteiger partial charge in [0.05, 0.1) is 0 Å². The fraction of sp³-hybridized carbons (Fsp3) is 1.00. The van der Waals surface area contributed by atoms with Crippen molar-refractivity contribution < 1.29 is 0 Å². The van der Waals surface area contributed by atoms with Crippen LogP contribution in [0, 0.1) is 0 Å². The van der Waals surface area contributed by atoms with Gasteiger partial charge >= 0.3 is 0 Å². The molecule has 15 heavy (non-hydrogen) atoms. The molecule has 0 unspecified atom stereocenters. The van der Waals surface area contributed by atoms with E-state index in [1.165, 1.54) is 58.3 Å². The summed E-state index contributed by atoms with van der Waals surface area (Å²) in [5, 5.41) is 0. The van der Waals surface area contributed by atoms with Crippen LogP contribution in [-0.4, -0.2) is 50.1 Å². The highest BCUT2D eigenvalue weighted by Gasteiger charge is 2.03. The molecule has 2 nitrogen and oxygen atoms in total. The minimum absolute atomic E-state index is 1.32. The Morgan fingerprint density at radius 1 is 0.533 bits per heavy atom. The summed E-state index contributed by atoms with van der Waals surface area (Å²) in [6.45, 7) is 9.28. The topological polar surface area (TPSA) is 6.48 Å². The van der Waals surface area contributed by atoms with Crippen molar-refractivity contribution in [2.24, 2.45) is 0 Å². The van der Waals surface area contributed by atoms with Crippen LogP contribution in [0.25, 0.3) is 0 Å². The molecule has 0 saturated carbocycles. The SMILES string of the molecule is CC.CN1CCCC1.CN1CCCCC1. The van der Waals surface area contributed by atoms with E-state index in [9.17, 15) is 0 Å². The van der Waals surface area contributed by atoms with Crippen LogP contribution in [0.5, 0.6) is 0 Å². The van der Waals surface area contributed by atoms with E-state index in [0.717, 1.165) is 0 Å². The first-order chi connectivity index (χ1) is 7.29. The fourth-order valence-corrected chi connectivity index (χ4v) is 1.93. The highest BCUT2D eigenvalue weighted by Crippen LogP contribution is 2.04. The van der Waals surface area contributed by atoms with Gasteiger partial charge in [-0.25, -0.2) is 0 Å². The summed E-state index contributed by atoms with van der Waals surface area (Å²) < 4.78 is 0. The summed E-state index contributed by atoms with van der Waals surface area (Å²) in [6.07, 6.45) is 7.10. The molecule has 0 aromatic rings. The summed E-state index contributed by atoms with van der Waals surface area (Å²) in [7, 11) is 4.37. The Labute approximate surface area is 96.6 Å². The summed E-state index contributed by atoms with van der Waals surface area (Å²) in [5.74, 6) is 0. The molecular weight excluding hydrogens is 184 g/mol. The van der Waals surface area contributed by atoms with Crippen LogP contribution in [0.15, 0.2) is 0 Å². The molecule has 0 amide bonds. The second kappa shape index (κ2) is 10.4. The van der Waals surface area contributed by atoms with Crippen molar-refractivity contribution in [1.82, 2.24) is 9.80 Å². The van der Waals surface area contributed by atoms with Crippen molar-refractivity contribution >= 4 is 0 Å². The lowest BCUT2D eigenvalue weighted by Gasteiger charge is -2.20. The van der Waals surface area contributed by atoms with E-state index in [-0.39, 0.29) is 0 Å². The summed E-state index contributed by atoms with van der Waals surface area (Å²) in [5.41, 5.74) is 0. The molecule has 2 rings (SSSR count). The smallest absolute Gasteiger partial charge is 0.00213 e. The third-order valence-electron chi connectivity index (χ3n) is 2.91.